The van der Waals surface area contributed by atoms with E-state index < -0.39 is 5.97 Å². The van der Waals surface area contributed by atoms with E-state index in [-0.39, 0.29) is 13.2 Å². The third-order valence-corrected chi connectivity index (χ3v) is 2.93. The molecule has 1 aromatic carbocycles. The Labute approximate surface area is 125 Å². The Hall–Kier alpha value is -1.59. The van der Waals surface area contributed by atoms with Crippen molar-refractivity contribution in [3.05, 3.63) is 29.8 Å². The number of hydrogen-bond donors (Lipinski definition) is 1. The number of hydrogen-bond acceptors (Lipinski definition) is 5. The normalized spacial score (nSPS) is 10.4. The molecule has 1 rings (SSSR count). The van der Waals surface area contributed by atoms with E-state index in [1.807, 2.05) is 0 Å². The van der Waals surface area contributed by atoms with Crippen LogP contribution in [0.15, 0.2) is 24.3 Å². The van der Waals surface area contributed by atoms with Crippen molar-refractivity contribution >= 4 is 5.97 Å². The van der Waals surface area contributed by atoms with E-state index in [0.29, 0.717) is 12.2 Å². The van der Waals surface area contributed by atoms with E-state index in [2.05, 4.69) is 0 Å². The number of unbranched alkanes of at least 4 members (excludes halogenated alkanes) is 3. The second-order valence-electron chi connectivity index (χ2n) is 4.64. The van der Waals surface area contributed by atoms with Gasteiger partial charge in [-0.3, -0.25) is 0 Å². The van der Waals surface area contributed by atoms with Gasteiger partial charge in [0.2, 0.25) is 0 Å². The molecule has 0 aliphatic heterocycles. The van der Waals surface area contributed by atoms with Gasteiger partial charge >= 0.3 is 5.97 Å². The summed E-state index contributed by atoms with van der Waals surface area (Å²) in [5.41, 5.74) is 0.454. The molecule has 0 bridgehead atoms. The number of ether oxygens (including phenoxy) is 3. The minimum Gasteiger partial charge on any atom is -0.494 e. The zero-order valence-corrected chi connectivity index (χ0v) is 12.5. The zero-order chi connectivity index (χ0) is 15.3. The van der Waals surface area contributed by atoms with Gasteiger partial charge in [0.05, 0.1) is 18.8 Å². The molecular formula is C16H24O5. The Morgan fingerprint density at radius 1 is 1.00 bits per heavy atom. The van der Waals surface area contributed by atoms with Crippen molar-refractivity contribution < 1.29 is 24.1 Å². The van der Waals surface area contributed by atoms with Gasteiger partial charge in [-0.25, -0.2) is 4.79 Å². The summed E-state index contributed by atoms with van der Waals surface area (Å²) in [5.74, 6) is 0.305. The van der Waals surface area contributed by atoms with Crippen LogP contribution in [0.5, 0.6) is 5.75 Å². The van der Waals surface area contributed by atoms with Gasteiger partial charge in [0.25, 0.3) is 0 Å². The van der Waals surface area contributed by atoms with Gasteiger partial charge in [0.15, 0.2) is 0 Å². The molecule has 5 nitrogen and oxygen atoms in total. The Kier molecular flexibility index (Phi) is 9.24. The number of esters is 1. The van der Waals surface area contributed by atoms with Gasteiger partial charge in [-0.05, 0) is 43.5 Å². The number of carbonyl (C=O) groups excluding carboxylic acids is 1. The summed E-state index contributed by atoms with van der Waals surface area (Å²) in [5, 5.41) is 8.59. The van der Waals surface area contributed by atoms with Crippen LogP contribution in [0.25, 0.3) is 0 Å². The van der Waals surface area contributed by atoms with Gasteiger partial charge in [-0.1, -0.05) is 6.42 Å². The molecule has 5 heteroatoms. The summed E-state index contributed by atoms with van der Waals surface area (Å²) in [6.07, 6.45) is 4.35. The Balaban J connectivity index is 2.20. The number of rotatable bonds is 11. The molecular weight excluding hydrogens is 272 g/mol. The highest BCUT2D eigenvalue weighted by molar-refractivity contribution is 5.89. The van der Waals surface area contributed by atoms with Crippen LogP contribution in [0.4, 0.5) is 0 Å². The molecule has 0 aliphatic rings. The van der Waals surface area contributed by atoms with E-state index in [9.17, 15) is 4.79 Å². The molecule has 0 atom stereocenters. The van der Waals surface area contributed by atoms with Gasteiger partial charge in [0, 0.05) is 13.7 Å². The Morgan fingerprint density at radius 3 is 2.29 bits per heavy atom. The maximum Gasteiger partial charge on any atom is 0.338 e. The smallest absolute Gasteiger partial charge is 0.338 e. The van der Waals surface area contributed by atoms with E-state index in [0.717, 1.165) is 38.0 Å². The van der Waals surface area contributed by atoms with Crippen molar-refractivity contribution in [3.8, 4) is 5.75 Å². The largest absolute Gasteiger partial charge is 0.494 e. The quantitative estimate of drug-likeness (QED) is 0.502. The van der Waals surface area contributed by atoms with E-state index in [4.69, 9.17) is 19.3 Å². The molecule has 0 amide bonds. The molecule has 0 spiro atoms. The molecule has 0 radical (unpaired) electrons. The highest BCUT2D eigenvalue weighted by Gasteiger charge is 2.06. The van der Waals surface area contributed by atoms with Crippen LogP contribution in [0, 0.1) is 0 Å². The molecule has 0 saturated carbocycles. The van der Waals surface area contributed by atoms with Gasteiger partial charge in [0.1, 0.15) is 12.4 Å². The van der Waals surface area contributed by atoms with E-state index in [1.54, 1.807) is 31.4 Å². The van der Waals surface area contributed by atoms with Crippen LogP contribution in [-0.4, -0.2) is 44.6 Å². The third-order valence-electron chi connectivity index (χ3n) is 2.93. The molecule has 0 unspecified atom stereocenters. The zero-order valence-electron chi connectivity index (χ0n) is 12.5. The second-order valence-corrected chi connectivity index (χ2v) is 4.64. The first-order valence-corrected chi connectivity index (χ1v) is 7.27. The van der Waals surface area contributed by atoms with E-state index in [1.165, 1.54) is 0 Å². The van der Waals surface area contributed by atoms with Gasteiger partial charge in [-0.2, -0.15) is 0 Å². The standard InChI is InChI=1S/C16H24O5/c1-19-11-4-2-3-5-12-20-15-8-6-14(7-9-15)16(18)21-13-10-17/h6-9,17H,2-5,10-13H2,1H3. The maximum absolute atomic E-state index is 11.5. The average Bonchev–Trinajstić information content (AvgIpc) is 2.52. The monoisotopic (exact) mass is 296 g/mol. The summed E-state index contributed by atoms with van der Waals surface area (Å²) < 4.78 is 15.4. The fraction of sp³-hybridized carbons (Fsp3) is 0.562. The number of aliphatic hydroxyl groups excluding tert-OH is 1. The lowest BCUT2D eigenvalue weighted by Crippen LogP contribution is -2.08. The first-order chi connectivity index (χ1) is 10.3. The molecule has 0 heterocycles. The number of aliphatic hydroxyl groups is 1. The first kappa shape index (κ1) is 17.5. The van der Waals surface area contributed by atoms with Crippen molar-refractivity contribution in [3.63, 3.8) is 0 Å². The summed E-state index contributed by atoms with van der Waals surface area (Å²) >= 11 is 0. The van der Waals surface area contributed by atoms with Crippen molar-refractivity contribution in [2.24, 2.45) is 0 Å². The molecule has 1 aromatic rings. The molecule has 1 N–H and O–H groups in total. The van der Waals surface area contributed by atoms with Crippen molar-refractivity contribution in [2.45, 2.75) is 25.7 Å². The van der Waals surface area contributed by atoms with Crippen LogP contribution in [-0.2, 0) is 9.47 Å². The first-order valence-electron chi connectivity index (χ1n) is 7.27. The molecule has 0 aliphatic carbocycles. The summed E-state index contributed by atoms with van der Waals surface area (Å²) in [6, 6.07) is 6.82. The van der Waals surface area contributed by atoms with Crippen LogP contribution < -0.4 is 4.74 Å². The van der Waals surface area contributed by atoms with E-state index >= 15 is 0 Å². The van der Waals surface area contributed by atoms with Crippen molar-refractivity contribution in [1.29, 1.82) is 0 Å². The summed E-state index contributed by atoms with van der Waals surface area (Å²) in [7, 11) is 1.71. The van der Waals surface area contributed by atoms with Gasteiger partial charge in [-0.15, -0.1) is 0 Å². The predicted octanol–water partition coefficient (Wildman–Crippen LogP) is 2.42. The Bertz CT molecular complexity index is 388. The molecule has 0 aromatic heterocycles. The number of benzene rings is 1. The Morgan fingerprint density at radius 2 is 1.67 bits per heavy atom. The lowest BCUT2D eigenvalue weighted by Gasteiger charge is -2.07. The predicted molar refractivity (Wildman–Crippen MR) is 79.6 cm³/mol. The third kappa shape index (κ3) is 7.68. The lowest BCUT2D eigenvalue weighted by atomic mass is 10.2. The maximum atomic E-state index is 11.5. The van der Waals surface area contributed by atoms with Crippen LogP contribution in [0.2, 0.25) is 0 Å². The highest BCUT2D eigenvalue weighted by atomic mass is 16.5. The second kappa shape index (κ2) is 11.1. The van der Waals surface area contributed by atoms with Crippen molar-refractivity contribution in [1.82, 2.24) is 0 Å². The van der Waals surface area contributed by atoms with Crippen LogP contribution in [0.3, 0.4) is 0 Å². The summed E-state index contributed by atoms with van der Waals surface area (Å²) in [4.78, 5) is 11.5. The molecule has 0 fully saturated rings. The fourth-order valence-corrected chi connectivity index (χ4v) is 1.80. The fourth-order valence-electron chi connectivity index (χ4n) is 1.80. The molecule has 118 valence electrons. The number of methoxy groups -OCH3 is 1. The lowest BCUT2D eigenvalue weighted by molar-refractivity contribution is 0.0433. The van der Waals surface area contributed by atoms with Crippen LogP contribution in [0.1, 0.15) is 36.0 Å². The van der Waals surface area contributed by atoms with Gasteiger partial charge < -0.3 is 19.3 Å². The minimum atomic E-state index is -0.436. The highest BCUT2D eigenvalue weighted by Crippen LogP contribution is 2.13. The van der Waals surface area contributed by atoms with Crippen molar-refractivity contribution in [2.75, 3.05) is 33.5 Å². The average molecular weight is 296 g/mol. The molecule has 21 heavy (non-hydrogen) atoms. The summed E-state index contributed by atoms with van der Waals surface area (Å²) in [6.45, 7) is 1.33. The molecule has 0 saturated heterocycles. The minimum absolute atomic E-state index is 0.0140. The SMILES string of the molecule is COCCCCCCOc1ccc(C(=O)OCCO)cc1. The number of carbonyl (C=O) groups is 1. The topological polar surface area (TPSA) is 65.0 Å². The van der Waals surface area contributed by atoms with Crippen LogP contribution >= 0.6 is 0 Å².